The van der Waals surface area contributed by atoms with Crippen LogP contribution in [0.3, 0.4) is 0 Å². The van der Waals surface area contributed by atoms with Crippen LogP contribution in [-0.2, 0) is 19.3 Å². The molecule has 29 heavy (non-hydrogen) atoms. The molecule has 1 amide bonds. The molecule has 6 heteroatoms. The van der Waals surface area contributed by atoms with Crippen LogP contribution < -0.4 is 15.6 Å². The number of para-hydroxylation sites is 1. The topological polar surface area (TPSA) is 84.1 Å². The molecule has 2 N–H and O–H groups in total. The minimum Gasteiger partial charge on any atom is -0.497 e. The van der Waals surface area contributed by atoms with E-state index in [1.807, 2.05) is 56.3 Å². The maximum Gasteiger partial charge on any atom is 0.274 e. The Labute approximate surface area is 170 Å². The lowest BCUT2D eigenvalue weighted by Crippen LogP contribution is -2.21. The molecule has 0 unspecified atom stereocenters. The first-order chi connectivity index (χ1) is 14.0. The van der Waals surface area contributed by atoms with Crippen LogP contribution in [0.5, 0.6) is 5.75 Å². The summed E-state index contributed by atoms with van der Waals surface area (Å²) < 4.78 is 5.16. The predicted octanol–water partition coefficient (Wildman–Crippen LogP) is 3.75. The lowest BCUT2D eigenvalue weighted by atomic mass is 10.0. The van der Waals surface area contributed by atoms with Crippen molar-refractivity contribution in [2.75, 3.05) is 12.4 Å². The van der Waals surface area contributed by atoms with Gasteiger partial charge >= 0.3 is 0 Å². The molecule has 150 valence electrons. The van der Waals surface area contributed by atoms with Gasteiger partial charge in [0.1, 0.15) is 17.3 Å². The number of anilines is 1. The number of aryl methyl sites for hydroxylation is 2. The maximum absolute atomic E-state index is 12.8. The molecule has 0 aliphatic rings. The normalized spacial score (nSPS) is 10.6. The van der Waals surface area contributed by atoms with Crippen LogP contribution in [0.25, 0.3) is 0 Å². The van der Waals surface area contributed by atoms with Crippen molar-refractivity contribution < 1.29 is 9.53 Å². The molecule has 3 rings (SSSR count). The van der Waals surface area contributed by atoms with Gasteiger partial charge in [0.05, 0.1) is 7.11 Å². The Morgan fingerprint density at radius 3 is 2.31 bits per heavy atom. The molecule has 0 spiro atoms. The highest BCUT2D eigenvalue weighted by molar-refractivity contribution is 6.03. The first-order valence-electron chi connectivity index (χ1n) is 9.69. The Bertz CT molecular complexity index is 1030. The third kappa shape index (κ3) is 4.90. The molecule has 6 nitrogen and oxygen atoms in total. The highest BCUT2D eigenvalue weighted by Gasteiger charge is 2.15. The third-order valence-electron chi connectivity index (χ3n) is 4.79. The molecular weight excluding hydrogens is 366 g/mol. The molecule has 3 aromatic rings. The van der Waals surface area contributed by atoms with Crippen LogP contribution in [-0.4, -0.2) is 23.0 Å². The van der Waals surface area contributed by atoms with Crippen molar-refractivity contribution >= 4 is 11.6 Å². The Morgan fingerprint density at radius 2 is 1.72 bits per heavy atom. The van der Waals surface area contributed by atoms with Gasteiger partial charge in [-0.3, -0.25) is 9.59 Å². The molecule has 0 radical (unpaired) electrons. The fourth-order valence-electron chi connectivity index (χ4n) is 3.23. The smallest absolute Gasteiger partial charge is 0.274 e. The predicted molar refractivity (Wildman–Crippen MR) is 114 cm³/mol. The highest BCUT2D eigenvalue weighted by atomic mass is 16.5. The number of benzene rings is 2. The molecular formula is C23H25N3O3. The van der Waals surface area contributed by atoms with Crippen LogP contribution in [0.4, 0.5) is 5.69 Å². The number of nitrogens with one attached hydrogen (secondary N) is 2. The number of hydrogen-bond acceptors (Lipinski definition) is 4. The van der Waals surface area contributed by atoms with Crippen LogP contribution >= 0.6 is 0 Å². The van der Waals surface area contributed by atoms with Crippen molar-refractivity contribution in [3.63, 3.8) is 0 Å². The van der Waals surface area contributed by atoms with E-state index >= 15 is 0 Å². The SMILES string of the molecule is CCc1cccc(CC)c1NC(=O)c1cc(=O)[nH]c(Cc2ccc(OC)cc2)n1. The fraction of sp³-hybridized carbons (Fsp3) is 0.261. The molecule has 0 bridgehead atoms. The summed E-state index contributed by atoms with van der Waals surface area (Å²) in [5, 5.41) is 2.96. The van der Waals surface area contributed by atoms with Gasteiger partial charge in [-0.2, -0.15) is 0 Å². The molecule has 2 aromatic carbocycles. The van der Waals surface area contributed by atoms with Crippen LogP contribution in [0.2, 0.25) is 0 Å². The molecule has 0 fully saturated rings. The van der Waals surface area contributed by atoms with Crippen molar-refractivity contribution in [1.29, 1.82) is 0 Å². The Morgan fingerprint density at radius 1 is 1.07 bits per heavy atom. The van der Waals surface area contributed by atoms with Crippen LogP contribution in [0.1, 0.15) is 46.9 Å². The van der Waals surface area contributed by atoms with E-state index in [1.165, 1.54) is 6.07 Å². The number of hydrogen-bond donors (Lipinski definition) is 2. The van der Waals surface area contributed by atoms with Crippen molar-refractivity contribution in [2.24, 2.45) is 0 Å². The zero-order valence-corrected chi connectivity index (χ0v) is 16.9. The van der Waals surface area contributed by atoms with Gasteiger partial charge in [0.15, 0.2) is 0 Å². The third-order valence-corrected chi connectivity index (χ3v) is 4.79. The monoisotopic (exact) mass is 391 g/mol. The molecule has 1 aromatic heterocycles. The number of rotatable bonds is 7. The average molecular weight is 391 g/mol. The lowest BCUT2D eigenvalue weighted by Gasteiger charge is -2.14. The zero-order chi connectivity index (χ0) is 20.8. The van der Waals surface area contributed by atoms with E-state index < -0.39 is 0 Å². The second-order valence-corrected chi connectivity index (χ2v) is 6.71. The number of nitrogens with zero attached hydrogens (tertiary/aromatic N) is 1. The van der Waals surface area contributed by atoms with Gasteiger partial charge < -0.3 is 15.0 Å². The first-order valence-corrected chi connectivity index (χ1v) is 9.69. The van der Waals surface area contributed by atoms with Crippen molar-refractivity contribution in [3.05, 3.63) is 87.1 Å². The van der Waals surface area contributed by atoms with E-state index in [0.29, 0.717) is 12.2 Å². The Kier molecular flexibility index (Phi) is 6.44. The van der Waals surface area contributed by atoms with Gasteiger partial charge in [-0.1, -0.05) is 44.2 Å². The van der Waals surface area contributed by atoms with Crippen LogP contribution in [0, 0.1) is 0 Å². The van der Waals surface area contributed by atoms with E-state index in [9.17, 15) is 9.59 Å². The summed E-state index contributed by atoms with van der Waals surface area (Å²) in [6, 6.07) is 14.7. The maximum atomic E-state index is 12.8. The van der Waals surface area contributed by atoms with Gasteiger partial charge in [0, 0.05) is 18.2 Å². The van der Waals surface area contributed by atoms with Crippen molar-refractivity contribution in [1.82, 2.24) is 9.97 Å². The number of carbonyl (C=O) groups is 1. The van der Waals surface area contributed by atoms with Gasteiger partial charge in [0.2, 0.25) is 0 Å². The minimum absolute atomic E-state index is 0.102. The van der Waals surface area contributed by atoms with E-state index in [4.69, 9.17) is 4.74 Å². The molecule has 1 heterocycles. The number of amides is 1. The minimum atomic E-state index is -0.386. The summed E-state index contributed by atoms with van der Waals surface area (Å²) in [6.45, 7) is 4.09. The number of ether oxygens (including phenoxy) is 1. The van der Waals surface area contributed by atoms with Crippen molar-refractivity contribution in [3.8, 4) is 5.75 Å². The van der Waals surface area contributed by atoms with E-state index in [1.54, 1.807) is 7.11 Å². The summed E-state index contributed by atoms with van der Waals surface area (Å²) in [5.41, 5.74) is 3.62. The lowest BCUT2D eigenvalue weighted by molar-refractivity contribution is 0.102. The van der Waals surface area contributed by atoms with Gasteiger partial charge in [0.25, 0.3) is 11.5 Å². The number of H-pyrrole nitrogens is 1. The highest BCUT2D eigenvalue weighted by Crippen LogP contribution is 2.23. The largest absolute Gasteiger partial charge is 0.497 e. The first kappa shape index (κ1) is 20.3. The summed E-state index contributed by atoms with van der Waals surface area (Å²) in [7, 11) is 1.61. The molecule has 0 saturated carbocycles. The van der Waals surface area contributed by atoms with E-state index in [-0.39, 0.29) is 17.2 Å². The van der Waals surface area contributed by atoms with Crippen molar-refractivity contribution in [2.45, 2.75) is 33.1 Å². The number of aromatic amines is 1. The van der Waals surface area contributed by atoms with Gasteiger partial charge in [-0.25, -0.2) is 4.98 Å². The molecule has 0 aliphatic heterocycles. The number of methoxy groups -OCH3 is 1. The van der Waals surface area contributed by atoms with Gasteiger partial charge in [-0.05, 0) is 41.7 Å². The standard InChI is InChI=1S/C23H25N3O3/c1-4-16-7-6-8-17(5-2)22(16)26-23(28)19-14-21(27)25-20(24-19)13-15-9-11-18(29-3)12-10-15/h6-12,14H,4-5,13H2,1-3H3,(H,26,28)(H,24,25,27). The quantitative estimate of drug-likeness (QED) is 0.642. The second kappa shape index (κ2) is 9.19. The van der Waals surface area contributed by atoms with E-state index in [0.717, 1.165) is 41.0 Å². The summed E-state index contributed by atoms with van der Waals surface area (Å²) in [5.74, 6) is 0.805. The fourth-order valence-corrected chi connectivity index (χ4v) is 3.23. The summed E-state index contributed by atoms with van der Waals surface area (Å²) >= 11 is 0. The van der Waals surface area contributed by atoms with Crippen LogP contribution in [0.15, 0.2) is 53.3 Å². The number of carbonyl (C=O) groups excluding carboxylic acids is 1. The average Bonchev–Trinajstić information content (AvgIpc) is 2.74. The second-order valence-electron chi connectivity index (χ2n) is 6.71. The van der Waals surface area contributed by atoms with E-state index in [2.05, 4.69) is 15.3 Å². The zero-order valence-electron chi connectivity index (χ0n) is 16.9. The molecule has 0 aliphatic carbocycles. The Balaban J connectivity index is 1.86. The summed E-state index contributed by atoms with van der Waals surface area (Å²) in [4.78, 5) is 32.0. The molecule has 0 atom stereocenters. The number of aromatic nitrogens is 2. The van der Waals surface area contributed by atoms with Gasteiger partial charge in [-0.15, -0.1) is 0 Å². The summed E-state index contributed by atoms with van der Waals surface area (Å²) in [6.07, 6.45) is 2.01. The molecule has 0 saturated heterocycles. The Hall–Kier alpha value is -3.41.